The van der Waals surface area contributed by atoms with E-state index in [9.17, 15) is 0 Å². The molecule has 9 rings (SSSR count). The predicted molar refractivity (Wildman–Crippen MR) is 213 cm³/mol. The third-order valence-corrected chi connectivity index (χ3v) is 11.3. The maximum absolute atomic E-state index is 5.52. The van der Waals surface area contributed by atoms with Crippen LogP contribution in [0.3, 0.4) is 0 Å². The summed E-state index contributed by atoms with van der Waals surface area (Å²) in [4.78, 5) is 5.52. The zero-order chi connectivity index (χ0) is 34.4. The molecule has 0 fully saturated rings. The second-order valence-electron chi connectivity index (χ2n) is 14.9. The minimum Gasteiger partial charge on any atom is -0.297 e. The second kappa shape index (κ2) is 10.9. The maximum atomic E-state index is 5.52. The van der Waals surface area contributed by atoms with Gasteiger partial charge in [-0.15, -0.1) is 0 Å². The van der Waals surface area contributed by atoms with E-state index in [1.165, 1.54) is 60.8 Å². The summed E-state index contributed by atoms with van der Waals surface area (Å²) in [5.41, 5.74) is 16.9. The number of fused-ring (bicyclic) bond motifs is 9. The molecule has 6 aromatic carbocycles. The average molecular weight is 645 g/mol. The number of aliphatic imine (C=N–C) groups is 1. The zero-order valence-corrected chi connectivity index (χ0v) is 29.4. The molecule has 50 heavy (non-hydrogen) atoms. The molecule has 242 valence electrons. The molecule has 0 radical (unpaired) electrons. The average Bonchev–Trinajstić information content (AvgIpc) is 3.67. The van der Waals surface area contributed by atoms with Gasteiger partial charge in [0.05, 0.1) is 16.7 Å². The fourth-order valence-corrected chi connectivity index (χ4v) is 8.68. The topological polar surface area (TPSA) is 17.3 Å². The summed E-state index contributed by atoms with van der Waals surface area (Å²) in [6, 6.07) is 48.5. The van der Waals surface area contributed by atoms with Crippen molar-refractivity contribution in [2.24, 2.45) is 4.99 Å². The molecule has 1 aromatic heterocycles. The van der Waals surface area contributed by atoms with E-state index in [-0.39, 0.29) is 10.8 Å². The molecule has 0 spiro atoms. The van der Waals surface area contributed by atoms with E-state index in [1.807, 2.05) is 6.07 Å². The monoisotopic (exact) mass is 644 g/mol. The van der Waals surface area contributed by atoms with Gasteiger partial charge in [0.15, 0.2) is 0 Å². The zero-order valence-electron chi connectivity index (χ0n) is 29.4. The SMILES string of the molecule is C=C(/C=C(\N=C(C)n1c2ccccc2c2cc3c(cc21)-c1ccccc1C3(C)C)c1ccc2c(c1)C(C)(C)c1ccccc1-2)c1ccccc1. The van der Waals surface area contributed by atoms with Crippen molar-refractivity contribution >= 4 is 38.9 Å². The highest BCUT2D eigenvalue weighted by molar-refractivity contribution is 6.16. The first-order chi connectivity index (χ1) is 24.1. The summed E-state index contributed by atoms with van der Waals surface area (Å²) in [5, 5.41) is 2.49. The van der Waals surface area contributed by atoms with Crippen molar-refractivity contribution < 1.29 is 0 Å². The number of para-hydroxylation sites is 1. The number of allylic oxidation sites excluding steroid dienone is 2. The van der Waals surface area contributed by atoms with Gasteiger partial charge in [-0.05, 0) is 92.9 Å². The molecule has 0 aliphatic heterocycles. The van der Waals surface area contributed by atoms with Crippen molar-refractivity contribution in [3.05, 3.63) is 179 Å². The second-order valence-corrected chi connectivity index (χ2v) is 14.9. The molecule has 2 nitrogen and oxygen atoms in total. The fraction of sp³-hybridized carbons (Fsp3) is 0.146. The first kappa shape index (κ1) is 30.3. The van der Waals surface area contributed by atoms with Crippen LogP contribution in [0.15, 0.2) is 151 Å². The Kier molecular flexibility index (Phi) is 6.61. The lowest BCUT2D eigenvalue weighted by Crippen LogP contribution is -2.15. The molecular weight excluding hydrogens is 605 g/mol. The Bertz CT molecular complexity index is 2610. The van der Waals surface area contributed by atoms with Crippen LogP contribution in [0.5, 0.6) is 0 Å². The van der Waals surface area contributed by atoms with Crippen LogP contribution < -0.4 is 0 Å². The normalized spacial score (nSPS) is 15.5. The Balaban J connectivity index is 1.26. The van der Waals surface area contributed by atoms with Crippen molar-refractivity contribution in [1.82, 2.24) is 4.57 Å². The Labute approximate surface area is 294 Å². The summed E-state index contributed by atoms with van der Waals surface area (Å²) in [6.45, 7) is 16.0. The van der Waals surface area contributed by atoms with E-state index in [4.69, 9.17) is 4.99 Å². The standard InChI is InChI=1S/C48H40N2/c1-30(32-16-8-7-9-17-32)26-44(33-24-25-36-34-18-10-13-21-40(34)47(3,4)42(36)27-33)49-31(2)50-45-23-15-12-20-37(45)39-28-43-38(29-46(39)50)35-19-11-14-22-41(35)48(43,5)6/h7-29H,1H2,2-6H3/b44-26-,49-31?. The minimum absolute atomic E-state index is 0.0683. The quantitative estimate of drug-likeness (QED) is 0.103. The number of rotatable bonds is 4. The van der Waals surface area contributed by atoms with Gasteiger partial charge < -0.3 is 0 Å². The van der Waals surface area contributed by atoms with Gasteiger partial charge in [0.1, 0.15) is 5.84 Å². The van der Waals surface area contributed by atoms with Crippen LogP contribution in [-0.4, -0.2) is 10.4 Å². The molecule has 0 saturated carbocycles. The molecule has 0 N–H and O–H groups in total. The van der Waals surface area contributed by atoms with Crippen molar-refractivity contribution in [3.63, 3.8) is 0 Å². The number of nitrogens with zero attached hydrogens (tertiary/aromatic N) is 2. The Hall–Kier alpha value is -5.73. The van der Waals surface area contributed by atoms with Gasteiger partial charge in [0, 0.05) is 27.2 Å². The van der Waals surface area contributed by atoms with Crippen LogP contribution in [0.1, 0.15) is 68.0 Å². The van der Waals surface area contributed by atoms with E-state index in [0.29, 0.717) is 0 Å². The van der Waals surface area contributed by atoms with Gasteiger partial charge in [-0.25, -0.2) is 4.99 Å². The molecule has 2 aliphatic carbocycles. The Morgan fingerprint density at radius 1 is 0.540 bits per heavy atom. The number of aromatic nitrogens is 1. The highest BCUT2D eigenvalue weighted by Gasteiger charge is 2.37. The van der Waals surface area contributed by atoms with E-state index >= 15 is 0 Å². The van der Waals surface area contributed by atoms with Crippen molar-refractivity contribution in [3.8, 4) is 22.3 Å². The molecule has 0 atom stereocenters. The summed E-state index contributed by atoms with van der Waals surface area (Å²) in [7, 11) is 0. The minimum atomic E-state index is -0.112. The predicted octanol–water partition coefficient (Wildman–Crippen LogP) is 12.4. The number of hydrogen-bond acceptors (Lipinski definition) is 1. The summed E-state index contributed by atoms with van der Waals surface area (Å²) < 4.78 is 2.35. The highest BCUT2D eigenvalue weighted by Crippen LogP contribution is 2.51. The molecule has 0 saturated heterocycles. The van der Waals surface area contributed by atoms with Gasteiger partial charge in [-0.3, -0.25) is 4.57 Å². The largest absolute Gasteiger partial charge is 0.297 e. The van der Waals surface area contributed by atoms with E-state index in [2.05, 4.69) is 179 Å². The summed E-state index contributed by atoms with van der Waals surface area (Å²) in [6.07, 6.45) is 2.15. The number of hydrogen-bond donors (Lipinski definition) is 0. The van der Waals surface area contributed by atoms with E-state index in [1.54, 1.807) is 0 Å². The van der Waals surface area contributed by atoms with Crippen LogP contribution in [0.25, 0.3) is 55.3 Å². The third-order valence-electron chi connectivity index (χ3n) is 11.3. The van der Waals surface area contributed by atoms with Gasteiger partial charge in [0.25, 0.3) is 0 Å². The number of benzene rings is 6. The smallest absolute Gasteiger partial charge is 0.111 e. The fourth-order valence-electron chi connectivity index (χ4n) is 8.68. The Morgan fingerprint density at radius 2 is 1.12 bits per heavy atom. The molecule has 0 bridgehead atoms. The first-order valence-electron chi connectivity index (χ1n) is 17.6. The lowest BCUT2D eigenvalue weighted by Gasteiger charge is -2.22. The van der Waals surface area contributed by atoms with Crippen molar-refractivity contribution in [1.29, 1.82) is 0 Å². The molecule has 2 aliphatic rings. The van der Waals surface area contributed by atoms with Crippen LogP contribution in [0, 0.1) is 0 Å². The Morgan fingerprint density at radius 3 is 1.84 bits per heavy atom. The highest BCUT2D eigenvalue weighted by atomic mass is 15.1. The van der Waals surface area contributed by atoms with Crippen LogP contribution in [0.4, 0.5) is 0 Å². The summed E-state index contributed by atoms with van der Waals surface area (Å²) >= 11 is 0. The summed E-state index contributed by atoms with van der Waals surface area (Å²) in [5.74, 6) is 0.914. The van der Waals surface area contributed by atoms with Crippen molar-refractivity contribution in [2.75, 3.05) is 0 Å². The molecule has 0 unspecified atom stereocenters. The molecule has 2 heteroatoms. The van der Waals surface area contributed by atoms with Gasteiger partial charge in [-0.2, -0.15) is 0 Å². The third kappa shape index (κ3) is 4.38. The van der Waals surface area contributed by atoms with E-state index in [0.717, 1.165) is 33.7 Å². The molecule has 1 heterocycles. The lowest BCUT2D eigenvalue weighted by atomic mass is 9.82. The lowest BCUT2D eigenvalue weighted by molar-refractivity contribution is 0.660. The maximum Gasteiger partial charge on any atom is 0.111 e. The van der Waals surface area contributed by atoms with Crippen LogP contribution >= 0.6 is 0 Å². The molecular formula is C48H40N2. The van der Waals surface area contributed by atoms with Gasteiger partial charge in [0.2, 0.25) is 0 Å². The van der Waals surface area contributed by atoms with Gasteiger partial charge in [-0.1, -0.05) is 143 Å². The molecule has 0 amide bonds. The molecule has 7 aromatic rings. The first-order valence-corrected chi connectivity index (χ1v) is 17.6. The van der Waals surface area contributed by atoms with Crippen molar-refractivity contribution in [2.45, 2.75) is 45.4 Å². The van der Waals surface area contributed by atoms with Crippen LogP contribution in [-0.2, 0) is 10.8 Å². The van der Waals surface area contributed by atoms with Gasteiger partial charge >= 0.3 is 0 Å². The van der Waals surface area contributed by atoms with E-state index < -0.39 is 0 Å². The van der Waals surface area contributed by atoms with Crippen LogP contribution in [0.2, 0.25) is 0 Å².